The first-order valence-electron chi connectivity index (χ1n) is 9.47. The Labute approximate surface area is 150 Å². The van der Waals surface area contributed by atoms with Crippen molar-refractivity contribution in [1.82, 2.24) is 14.5 Å². The third-order valence-electron chi connectivity index (χ3n) is 5.50. The number of piperidine rings is 1. The van der Waals surface area contributed by atoms with Crippen molar-refractivity contribution in [3.8, 4) is 0 Å². The molecule has 0 aromatic carbocycles. The minimum Gasteiger partial charge on any atom is -0.343 e. The highest BCUT2D eigenvalue weighted by Crippen LogP contribution is 2.29. The van der Waals surface area contributed by atoms with E-state index in [1.807, 2.05) is 11.1 Å². The number of carbonyl (C=O) groups is 1. The highest BCUT2D eigenvalue weighted by molar-refractivity contribution is 7.91. The fourth-order valence-corrected chi connectivity index (χ4v) is 5.86. The number of aryl methyl sites for hydroxylation is 1. The van der Waals surface area contributed by atoms with Crippen molar-refractivity contribution in [3.63, 3.8) is 0 Å². The molecule has 2 saturated heterocycles. The fraction of sp³-hybridized carbons (Fsp3) is 0.778. The molecule has 3 heterocycles. The number of imidazole rings is 1. The van der Waals surface area contributed by atoms with Crippen molar-refractivity contribution in [2.75, 3.05) is 24.6 Å². The second kappa shape index (κ2) is 7.89. The van der Waals surface area contributed by atoms with Gasteiger partial charge in [0.05, 0.1) is 11.5 Å². The zero-order chi connectivity index (χ0) is 17.9. The van der Waals surface area contributed by atoms with E-state index in [1.165, 1.54) is 6.42 Å². The van der Waals surface area contributed by atoms with Crippen LogP contribution in [0.1, 0.15) is 57.2 Å². The number of sulfone groups is 1. The topological polar surface area (TPSA) is 72.3 Å². The smallest absolute Gasteiger partial charge is 0.222 e. The lowest BCUT2D eigenvalue weighted by Crippen LogP contribution is -2.39. The SMILES string of the molecule is CCCCn1ccnc1C1CCN(C(=O)C[C@@H]2CCS(=O)(=O)C2)CC1. The Morgan fingerprint density at radius 3 is 2.68 bits per heavy atom. The van der Waals surface area contributed by atoms with Gasteiger partial charge in [-0.1, -0.05) is 13.3 Å². The molecule has 0 saturated carbocycles. The van der Waals surface area contributed by atoms with E-state index >= 15 is 0 Å². The van der Waals surface area contributed by atoms with Crippen molar-refractivity contribution < 1.29 is 13.2 Å². The van der Waals surface area contributed by atoms with Gasteiger partial charge >= 0.3 is 0 Å². The van der Waals surface area contributed by atoms with Gasteiger partial charge in [0.25, 0.3) is 0 Å². The number of amides is 1. The highest BCUT2D eigenvalue weighted by atomic mass is 32.2. The van der Waals surface area contributed by atoms with Gasteiger partial charge in [0.15, 0.2) is 9.84 Å². The summed E-state index contributed by atoms with van der Waals surface area (Å²) in [4.78, 5) is 18.9. The summed E-state index contributed by atoms with van der Waals surface area (Å²) in [7, 11) is -2.90. The normalized spacial score (nSPS) is 23.9. The van der Waals surface area contributed by atoms with E-state index in [0.717, 1.165) is 44.7 Å². The van der Waals surface area contributed by atoms with Crippen LogP contribution in [0.5, 0.6) is 0 Å². The number of carbonyl (C=O) groups excluding carboxylic acids is 1. The van der Waals surface area contributed by atoms with Crippen molar-refractivity contribution >= 4 is 15.7 Å². The van der Waals surface area contributed by atoms with Crippen LogP contribution in [0.15, 0.2) is 12.4 Å². The minimum atomic E-state index is -2.90. The molecule has 1 amide bonds. The third kappa shape index (κ3) is 4.63. The molecule has 0 N–H and O–H groups in total. The van der Waals surface area contributed by atoms with Crippen molar-refractivity contribution in [2.45, 2.75) is 57.9 Å². The Kier molecular flexibility index (Phi) is 5.81. The van der Waals surface area contributed by atoms with E-state index in [-0.39, 0.29) is 23.3 Å². The van der Waals surface area contributed by atoms with Gasteiger partial charge in [0, 0.05) is 44.4 Å². The molecule has 0 radical (unpaired) electrons. The number of hydrogen-bond acceptors (Lipinski definition) is 4. The van der Waals surface area contributed by atoms with Gasteiger partial charge in [0.2, 0.25) is 5.91 Å². The van der Waals surface area contributed by atoms with Gasteiger partial charge in [-0.15, -0.1) is 0 Å². The summed E-state index contributed by atoms with van der Waals surface area (Å²) in [6, 6.07) is 0. The molecule has 2 fully saturated rings. The average molecular weight is 368 g/mol. The van der Waals surface area contributed by atoms with Gasteiger partial charge in [-0.2, -0.15) is 0 Å². The number of likely N-dealkylation sites (tertiary alicyclic amines) is 1. The standard InChI is InChI=1S/C18H29N3O3S/c1-2-3-8-21-11-7-19-18(21)16-4-9-20(10-5-16)17(22)13-15-6-12-25(23,24)14-15/h7,11,15-16H,2-6,8-10,12-14H2,1H3/t15-/m0/s1. The summed E-state index contributed by atoms with van der Waals surface area (Å²) in [6.45, 7) is 4.71. The van der Waals surface area contributed by atoms with Crippen molar-refractivity contribution in [2.24, 2.45) is 5.92 Å². The van der Waals surface area contributed by atoms with Gasteiger partial charge in [-0.3, -0.25) is 4.79 Å². The Balaban J connectivity index is 1.50. The molecule has 3 rings (SSSR count). The minimum absolute atomic E-state index is 0.0168. The quantitative estimate of drug-likeness (QED) is 0.773. The van der Waals surface area contributed by atoms with Crippen LogP contribution in [0.2, 0.25) is 0 Å². The monoisotopic (exact) mass is 367 g/mol. The van der Waals surface area contributed by atoms with Crippen LogP contribution in [0.25, 0.3) is 0 Å². The highest BCUT2D eigenvalue weighted by Gasteiger charge is 2.32. The summed E-state index contributed by atoms with van der Waals surface area (Å²) in [5.41, 5.74) is 0. The fourth-order valence-electron chi connectivity index (χ4n) is 3.99. The van der Waals surface area contributed by atoms with Crippen LogP contribution < -0.4 is 0 Å². The summed E-state index contributed by atoms with van der Waals surface area (Å²) < 4.78 is 25.4. The van der Waals surface area contributed by atoms with Crippen LogP contribution in [0.3, 0.4) is 0 Å². The number of unbranched alkanes of at least 4 members (excludes halogenated alkanes) is 1. The van der Waals surface area contributed by atoms with E-state index in [1.54, 1.807) is 0 Å². The van der Waals surface area contributed by atoms with Gasteiger partial charge in [-0.25, -0.2) is 13.4 Å². The molecule has 0 unspecified atom stereocenters. The van der Waals surface area contributed by atoms with E-state index < -0.39 is 9.84 Å². The zero-order valence-corrected chi connectivity index (χ0v) is 15.9. The number of aromatic nitrogens is 2. The number of hydrogen-bond donors (Lipinski definition) is 0. The van der Waals surface area contributed by atoms with Crippen molar-refractivity contribution in [1.29, 1.82) is 0 Å². The predicted molar refractivity (Wildman–Crippen MR) is 97.1 cm³/mol. The first kappa shape index (κ1) is 18.4. The summed E-state index contributed by atoms with van der Waals surface area (Å²) in [6.07, 6.45) is 9.17. The first-order valence-corrected chi connectivity index (χ1v) is 11.3. The molecule has 2 aliphatic rings. The average Bonchev–Trinajstić information content (AvgIpc) is 3.19. The lowest BCUT2D eigenvalue weighted by Gasteiger charge is -2.32. The lowest BCUT2D eigenvalue weighted by atomic mass is 9.95. The molecule has 0 aliphatic carbocycles. The lowest BCUT2D eigenvalue weighted by molar-refractivity contribution is -0.133. The molecule has 2 aliphatic heterocycles. The molecule has 6 nitrogen and oxygen atoms in total. The second-order valence-corrected chi connectivity index (χ2v) is 9.69. The number of nitrogens with zero attached hydrogens (tertiary/aromatic N) is 3. The Morgan fingerprint density at radius 1 is 1.28 bits per heavy atom. The Bertz CT molecular complexity index is 690. The first-order chi connectivity index (χ1) is 12.0. The predicted octanol–water partition coefficient (Wildman–Crippen LogP) is 2.21. The molecule has 1 atom stereocenters. The second-order valence-electron chi connectivity index (χ2n) is 7.46. The van der Waals surface area contributed by atoms with E-state index in [9.17, 15) is 13.2 Å². The van der Waals surface area contributed by atoms with E-state index in [2.05, 4.69) is 22.7 Å². The van der Waals surface area contributed by atoms with E-state index in [0.29, 0.717) is 18.8 Å². The zero-order valence-electron chi connectivity index (χ0n) is 15.1. The van der Waals surface area contributed by atoms with Gasteiger partial charge in [0.1, 0.15) is 5.82 Å². The summed E-state index contributed by atoms with van der Waals surface area (Å²) >= 11 is 0. The molecule has 7 heteroatoms. The van der Waals surface area contributed by atoms with Crippen molar-refractivity contribution in [3.05, 3.63) is 18.2 Å². The van der Waals surface area contributed by atoms with Gasteiger partial charge < -0.3 is 9.47 Å². The molecule has 1 aromatic rings. The molecule has 0 spiro atoms. The Hall–Kier alpha value is -1.37. The molecular formula is C18H29N3O3S. The summed E-state index contributed by atoms with van der Waals surface area (Å²) in [5.74, 6) is 2.14. The molecule has 1 aromatic heterocycles. The molecule has 0 bridgehead atoms. The maximum Gasteiger partial charge on any atom is 0.222 e. The summed E-state index contributed by atoms with van der Waals surface area (Å²) in [5, 5.41) is 0. The molecular weight excluding hydrogens is 338 g/mol. The van der Waals surface area contributed by atoms with Crippen LogP contribution in [-0.4, -0.2) is 53.4 Å². The maximum atomic E-state index is 12.5. The van der Waals surface area contributed by atoms with Crippen LogP contribution in [-0.2, 0) is 21.2 Å². The van der Waals surface area contributed by atoms with Crippen LogP contribution in [0, 0.1) is 5.92 Å². The molecule has 25 heavy (non-hydrogen) atoms. The third-order valence-corrected chi connectivity index (χ3v) is 7.34. The van der Waals surface area contributed by atoms with E-state index in [4.69, 9.17) is 0 Å². The maximum absolute atomic E-state index is 12.5. The van der Waals surface area contributed by atoms with Crippen LogP contribution in [0.4, 0.5) is 0 Å². The Morgan fingerprint density at radius 2 is 2.04 bits per heavy atom. The molecule has 140 valence electrons. The van der Waals surface area contributed by atoms with Crippen LogP contribution >= 0.6 is 0 Å². The number of rotatable bonds is 6. The van der Waals surface area contributed by atoms with Gasteiger partial charge in [-0.05, 0) is 31.6 Å². The largest absolute Gasteiger partial charge is 0.343 e.